The van der Waals surface area contributed by atoms with Gasteiger partial charge in [0, 0.05) is 9.86 Å². The first-order chi connectivity index (χ1) is 7.13. The van der Waals surface area contributed by atoms with Gasteiger partial charge in [0.1, 0.15) is 10.6 Å². The highest BCUT2D eigenvalue weighted by Crippen LogP contribution is 2.37. The fourth-order valence-electron chi connectivity index (χ4n) is 1.33. The molecule has 0 bridgehead atoms. The van der Waals surface area contributed by atoms with Crippen LogP contribution in [0.25, 0.3) is 10.1 Å². The van der Waals surface area contributed by atoms with Gasteiger partial charge in [0.15, 0.2) is 0 Å². The maximum Gasteiger partial charge on any atom is 0.345 e. The third kappa shape index (κ3) is 1.72. The first-order valence-electron chi connectivity index (χ1n) is 4.13. The predicted octanol–water partition coefficient (Wildman–Crippen LogP) is 3.37. The number of hydrogen-bond acceptors (Lipinski definition) is 3. The number of thiophene rings is 1. The van der Waals surface area contributed by atoms with Gasteiger partial charge in [-0.3, -0.25) is 0 Å². The Balaban J connectivity index is 2.77. The van der Waals surface area contributed by atoms with E-state index in [-0.39, 0.29) is 0 Å². The van der Waals surface area contributed by atoms with Crippen LogP contribution in [0.15, 0.2) is 22.7 Å². The summed E-state index contributed by atoms with van der Waals surface area (Å²) in [5.41, 5.74) is 0. The van der Waals surface area contributed by atoms with E-state index in [4.69, 9.17) is 9.84 Å². The van der Waals surface area contributed by atoms with Crippen molar-refractivity contribution in [2.45, 2.75) is 0 Å². The van der Waals surface area contributed by atoms with Crippen molar-refractivity contribution in [3.8, 4) is 5.75 Å². The Morgan fingerprint density at radius 3 is 2.87 bits per heavy atom. The molecule has 78 valence electrons. The lowest BCUT2D eigenvalue weighted by atomic mass is 10.2. The van der Waals surface area contributed by atoms with Crippen LogP contribution < -0.4 is 4.74 Å². The van der Waals surface area contributed by atoms with Crippen LogP contribution in [0, 0.1) is 0 Å². The average Bonchev–Trinajstić information content (AvgIpc) is 2.64. The molecule has 0 aliphatic heterocycles. The molecule has 0 fully saturated rings. The van der Waals surface area contributed by atoms with E-state index in [0.717, 1.165) is 14.6 Å². The summed E-state index contributed by atoms with van der Waals surface area (Å²) in [4.78, 5) is 11.2. The number of carboxylic acids is 1. The predicted molar refractivity (Wildman–Crippen MR) is 63.0 cm³/mol. The Bertz CT molecular complexity index is 533. The molecule has 5 heteroatoms. The number of carboxylic acid groups (broad SMARTS) is 1. The number of benzene rings is 1. The zero-order valence-electron chi connectivity index (χ0n) is 7.78. The Kier molecular flexibility index (Phi) is 2.67. The maximum atomic E-state index is 10.8. The van der Waals surface area contributed by atoms with E-state index in [1.54, 1.807) is 13.2 Å². The van der Waals surface area contributed by atoms with Crippen LogP contribution in [-0.2, 0) is 0 Å². The molecule has 0 spiro atoms. The third-order valence-corrected chi connectivity index (χ3v) is 3.85. The lowest BCUT2D eigenvalue weighted by Gasteiger charge is -2.01. The molecule has 2 rings (SSSR count). The summed E-state index contributed by atoms with van der Waals surface area (Å²) in [7, 11) is 1.57. The van der Waals surface area contributed by atoms with Crippen LogP contribution >= 0.6 is 27.3 Å². The van der Waals surface area contributed by atoms with Gasteiger partial charge in [-0.2, -0.15) is 0 Å². The molecular formula is C10H7BrO3S. The van der Waals surface area contributed by atoms with Gasteiger partial charge in [-0.05, 0) is 18.2 Å². The van der Waals surface area contributed by atoms with E-state index in [2.05, 4.69) is 15.9 Å². The summed E-state index contributed by atoms with van der Waals surface area (Å²) in [6.07, 6.45) is 0. The van der Waals surface area contributed by atoms with Crippen LogP contribution in [0.3, 0.4) is 0 Å². The minimum Gasteiger partial charge on any atom is -0.495 e. The number of rotatable bonds is 2. The van der Waals surface area contributed by atoms with Crippen molar-refractivity contribution in [2.75, 3.05) is 7.11 Å². The second kappa shape index (κ2) is 3.83. The lowest BCUT2D eigenvalue weighted by Crippen LogP contribution is -1.89. The summed E-state index contributed by atoms with van der Waals surface area (Å²) < 4.78 is 6.90. The highest BCUT2D eigenvalue weighted by atomic mass is 79.9. The van der Waals surface area contributed by atoms with Gasteiger partial charge < -0.3 is 9.84 Å². The van der Waals surface area contributed by atoms with E-state index < -0.39 is 5.97 Å². The number of halogens is 1. The summed E-state index contributed by atoms with van der Waals surface area (Å²) >= 11 is 4.60. The van der Waals surface area contributed by atoms with Gasteiger partial charge in [0.05, 0.1) is 11.8 Å². The molecule has 1 N–H and O–H groups in total. The summed E-state index contributed by atoms with van der Waals surface area (Å²) in [6.45, 7) is 0. The standard InChI is InChI=1S/C10H7BrO3S/c1-14-7-3-2-6(11)5-4-8(10(12)13)15-9(5)7/h2-4H,1H3,(H,12,13). The normalized spacial score (nSPS) is 10.5. The van der Waals surface area contributed by atoms with Crippen molar-refractivity contribution in [3.05, 3.63) is 27.5 Å². The molecule has 2 aromatic rings. The largest absolute Gasteiger partial charge is 0.495 e. The van der Waals surface area contributed by atoms with Crippen molar-refractivity contribution in [3.63, 3.8) is 0 Å². The molecule has 1 heterocycles. The maximum absolute atomic E-state index is 10.8. The Morgan fingerprint density at radius 2 is 2.27 bits per heavy atom. The molecule has 0 aliphatic rings. The number of carbonyl (C=O) groups is 1. The second-order valence-corrected chi connectivity index (χ2v) is 4.81. The Hall–Kier alpha value is -1.07. The molecule has 1 aromatic carbocycles. The molecule has 0 aliphatic carbocycles. The third-order valence-electron chi connectivity index (χ3n) is 2.02. The molecule has 0 radical (unpaired) electrons. The second-order valence-electron chi connectivity index (χ2n) is 2.91. The van der Waals surface area contributed by atoms with Gasteiger partial charge in [-0.25, -0.2) is 4.79 Å². The van der Waals surface area contributed by atoms with E-state index in [0.29, 0.717) is 10.6 Å². The highest BCUT2D eigenvalue weighted by molar-refractivity contribution is 9.10. The fraction of sp³-hybridized carbons (Fsp3) is 0.100. The average molecular weight is 287 g/mol. The number of ether oxygens (including phenoxy) is 1. The smallest absolute Gasteiger partial charge is 0.345 e. The van der Waals surface area contributed by atoms with Crippen LogP contribution in [0.5, 0.6) is 5.75 Å². The molecule has 0 saturated carbocycles. The Labute approximate surface area is 98.4 Å². The zero-order valence-corrected chi connectivity index (χ0v) is 10.2. The first-order valence-corrected chi connectivity index (χ1v) is 5.73. The molecule has 0 atom stereocenters. The van der Waals surface area contributed by atoms with E-state index >= 15 is 0 Å². The minimum absolute atomic E-state index is 0.315. The van der Waals surface area contributed by atoms with E-state index in [1.165, 1.54) is 11.3 Å². The Morgan fingerprint density at radius 1 is 1.53 bits per heavy atom. The molecular weight excluding hydrogens is 280 g/mol. The van der Waals surface area contributed by atoms with E-state index in [9.17, 15) is 4.79 Å². The SMILES string of the molecule is COc1ccc(Br)c2cc(C(=O)O)sc12. The molecule has 1 aromatic heterocycles. The topological polar surface area (TPSA) is 46.5 Å². The first kappa shape index (κ1) is 10.4. The lowest BCUT2D eigenvalue weighted by molar-refractivity contribution is 0.0702. The van der Waals surface area contributed by atoms with Crippen LogP contribution in [0.1, 0.15) is 9.67 Å². The molecule has 0 unspecified atom stereocenters. The minimum atomic E-state index is -0.912. The molecule has 3 nitrogen and oxygen atoms in total. The van der Waals surface area contributed by atoms with Crippen LogP contribution in [-0.4, -0.2) is 18.2 Å². The monoisotopic (exact) mass is 286 g/mol. The number of hydrogen-bond donors (Lipinski definition) is 1. The van der Waals surface area contributed by atoms with Crippen molar-refractivity contribution in [2.24, 2.45) is 0 Å². The number of aromatic carboxylic acids is 1. The number of fused-ring (bicyclic) bond motifs is 1. The quantitative estimate of drug-likeness (QED) is 0.921. The molecule has 0 saturated heterocycles. The van der Waals surface area contributed by atoms with Gasteiger partial charge in [0.2, 0.25) is 0 Å². The van der Waals surface area contributed by atoms with Crippen LogP contribution in [0.2, 0.25) is 0 Å². The number of methoxy groups -OCH3 is 1. The summed E-state index contributed by atoms with van der Waals surface area (Å²) in [5, 5.41) is 9.77. The van der Waals surface area contributed by atoms with Crippen LogP contribution in [0.4, 0.5) is 0 Å². The van der Waals surface area contributed by atoms with E-state index in [1.807, 2.05) is 12.1 Å². The van der Waals surface area contributed by atoms with Crippen molar-refractivity contribution >= 4 is 43.3 Å². The van der Waals surface area contributed by atoms with Crippen molar-refractivity contribution in [1.82, 2.24) is 0 Å². The van der Waals surface area contributed by atoms with Gasteiger partial charge in [0.25, 0.3) is 0 Å². The zero-order chi connectivity index (χ0) is 11.0. The fourth-order valence-corrected chi connectivity index (χ4v) is 2.92. The summed E-state index contributed by atoms with van der Waals surface area (Å²) in [5.74, 6) is -0.212. The van der Waals surface area contributed by atoms with Crippen molar-refractivity contribution in [1.29, 1.82) is 0 Å². The highest BCUT2D eigenvalue weighted by Gasteiger charge is 2.13. The van der Waals surface area contributed by atoms with Gasteiger partial charge >= 0.3 is 5.97 Å². The van der Waals surface area contributed by atoms with Gasteiger partial charge in [-0.1, -0.05) is 15.9 Å². The molecule has 15 heavy (non-hydrogen) atoms. The van der Waals surface area contributed by atoms with Crippen molar-refractivity contribution < 1.29 is 14.6 Å². The molecule has 0 amide bonds. The van der Waals surface area contributed by atoms with Gasteiger partial charge in [-0.15, -0.1) is 11.3 Å². The summed E-state index contributed by atoms with van der Waals surface area (Å²) in [6, 6.07) is 5.31.